The highest BCUT2D eigenvalue weighted by Gasteiger charge is 2.25. The Bertz CT molecular complexity index is 434. The Morgan fingerprint density at radius 1 is 1.35 bits per heavy atom. The first-order valence-electron chi connectivity index (χ1n) is 7.29. The lowest BCUT2D eigenvalue weighted by Gasteiger charge is -2.16. The van der Waals surface area contributed by atoms with Gasteiger partial charge in [0.1, 0.15) is 0 Å². The molecule has 1 aromatic carbocycles. The Kier molecular flexibility index (Phi) is 5.26. The van der Waals surface area contributed by atoms with E-state index in [-0.39, 0.29) is 12.6 Å². The zero-order chi connectivity index (χ0) is 14.5. The molecule has 0 saturated carbocycles. The molecule has 0 amide bonds. The van der Waals surface area contributed by atoms with E-state index in [2.05, 4.69) is 31.3 Å². The van der Waals surface area contributed by atoms with E-state index < -0.39 is 0 Å². The molecule has 0 bridgehead atoms. The van der Waals surface area contributed by atoms with E-state index in [4.69, 9.17) is 9.47 Å². The summed E-state index contributed by atoms with van der Waals surface area (Å²) < 4.78 is 11.2. The van der Waals surface area contributed by atoms with Crippen LogP contribution in [0.1, 0.15) is 31.7 Å². The zero-order valence-electron chi connectivity index (χ0n) is 12.6. The molecule has 2 rings (SSSR count). The van der Waals surface area contributed by atoms with Gasteiger partial charge in [0.15, 0.2) is 11.5 Å². The summed E-state index contributed by atoms with van der Waals surface area (Å²) in [5.41, 5.74) is 1.24. The maximum Gasteiger partial charge on any atom is 0.161 e. The van der Waals surface area contributed by atoms with Crippen molar-refractivity contribution in [2.75, 3.05) is 26.9 Å². The number of methoxy groups -OCH3 is 1. The van der Waals surface area contributed by atoms with Crippen molar-refractivity contribution in [2.45, 2.75) is 32.2 Å². The Morgan fingerprint density at radius 2 is 2.15 bits per heavy atom. The van der Waals surface area contributed by atoms with E-state index >= 15 is 0 Å². The van der Waals surface area contributed by atoms with Crippen LogP contribution in [0.15, 0.2) is 18.2 Å². The van der Waals surface area contributed by atoms with Crippen molar-refractivity contribution in [1.29, 1.82) is 0 Å². The van der Waals surface area contributed by atoms with Crippen molar-refractivity contribution in [3.63, 3.8) is 0 Å². The highest BCUT2D eigenvalue weighted by molar-refractivity contribution is 5.44. The maximum atomic E-state index is 9.21. The summed E-state index contributed by atoms with van der Waals surface area (Å²) in [5.74, 6) is 2.50. The minimum atomic E-state index is 0.198. The predicted molar refractivity (Wildman–Crippen MR) is 79.6 cm³/mol. The van der Waals surface area contributed by atoms with Gasteiger partial charge in [-0.15, -0.1) is 0 Å². The van der Waals surface area contributed by atoms with E-state index in [1.807, 2.05) is 6.07 Å². The van der Waals surface area contributed by atoms with Gasteiger partial charge in [-0.1, -0.05) is 19.9 Å². The fourth-order valence-electron chi connectivity index (χ4n) is 2.53. The van der Waals surface area contributed by atoms with Gasteiger partial charge in [-0.2, -0.15) is 0 Å². The predicted octanol–water partition coefficient (Wildman–Crippen LogP) is 2.17. The topological polar surface area (TPSA) is 50.7 Å². The molecule has 1 heterocycles. The molecule has 2 N–H and O–H groups in total. The van der Waals surface area contributed by atoms with E-state index in [1.165, 1.54) is 5.56 Å². The van der Waals surface area contributed by atoms with E-state index in [0.717, 1.165) is 24.5 Å². The summed E-state index contributed by atoms with van der Waals surface area (Å²) in [7, 11) is 1.66. The van der Waals surface area contributed by atoms with Gasteiger partial charge in [0.25, 0.3) is 0 Å². The number of hydrogen-bond acceptors (Lipinski definition) is 4. The second kappa shape index (κ2) is 6.95. The van der Waals surface area contributed by atoms with Crippen molar-refractivity contribution in [3.05, 3.63) is 23.8 Å². The summed E-state index contributed by atoms with van der Waals surface area (Å²) in [6.45, 7) is 6.04. The third-order valence-electron chi connectivity index (χ3n) is 3.67. The fraction of sp³-hybridized carbons (Fsp3) is 0.625. The van der Waals surface area contributed by atoms with Gasteiger partial charge in [-0.3, -0.25) is 0 Å². The van der Waals surface area contributed by atoms with Crippen molar-refractivity contribution >= 4 is 0 Å². The molecular weight excluding hydrogens is 254 g/mol. The highest BCUT2D eigenvalue weighted by atomic mass is 16.5. The highest BCUT2D eigenvalue weighted by Crippen LogP contribution is 2.34. The zero-order valence-corrected chi connectivity index (χ0v) is 12.6. The average molecular weight is 279 g/mol. The number of aliphatic hydroxyl groups is 1. The lowest BCUT2D eigenvalue weighted by molar-refractivity contribution is 0.254. The Balaban J connectivity index is 2.12. The summed E-state index contributed by atoms with van der Waals surface area (Å²) in [6.07, 6.45) is 0.965. The van der Waals surface area contributed by atoms with Gasteiger partial charge >= 0.3 is 0 Å². The Morgan fingerprint density at radius 3 is 2.75 bits per heavy atom. The van der Waals surface area contributed by atoms with Crippen LogP contribution in [-0.2, 0) is 0 Å². The monoisotopic (exact) mass is 279 g/mol. The smallest absolute Gasteiger partial charge is 0.161 e. The van der Waals surface area contributed by atoms with Crippen LogP contribution in [-0.4, -0.2) is 38.0 Å². The largest absolute Gasteiger partial charge is 0.493 e. The molecule has 1 aromatic rings. The molecular formula is C16H25NO3. The summed E-state index contributed by atoms with van der Waals surface area (Å²) in [6, 6.07) is 6.35. The molecule has 2 atom stereocenters. The quantitative estimate of drug-likeness (QED) is 0.838. The van der Waals surface area contributed by atoms with Crippen LogP contribution in [0.25, 0.3) is 0 Å². The first-order chi connectivity index (χ1) is 9.63. The van der Waals surface area contributed by atoms with E-state index in [9.17, 15) is 5.11 Å². The molecule has 4 heteroatoms. The third kappa shape index (κ3) is 3.64. The van der Waals surface area contributed by atoms with Gasteiger partial charge in [-0.05, 0) is 36.0 Å². The standard InChI is InChI=1S/C16H25NO3/c1-11(2)10-20-16-7-12(4-5-15(16)19-3)13-6-14(9-18)17-8-13/h4-5,7,11,13-14,17-18H,6,8-10H2,1-3H3/t13-,14-/m1/s1. The number of rotatable bonds is 6. The maximum absolute atomic E-state index is 9.21. The minimum absolute atomic E-state index is 0.198. The van der Waals surface area contributed by atoms with Crippen molar-refractivity contribution < 1.29 is 14.6 Å². The molecule has 0 aromatic heterocycles. The molecule has 1 saturated heterocycles. The van der Waals surface area contributed by atoms with Gasteiger partial charge < -0.3 is 19.9 Å². The molecule has 0 aliphatic carbocycles. The number of ether oxygens (including phenoxy) is 2. The summed E-state index contributed by atoms with van der Waals surface area (Å²) in [5, 5.41) is 12.5. The second-order valence-electron chi connectivity index (χ2n) is 5.84. The average Bonchev–Trinajstić information content (AvgIpc) is 2.93. The van der Waals surface area contributed by atoms with Gasteiger partial charge in [0.05, 0.1) is 20.3 Å². The van der Waals surface area contributed by atoms with Crippen LogP contribution in [0.4, 0.5) is 0 Å². The third-order valence-corrected chi connectivity index (χ3v) is 3.67. The molecule has 0 unspecified atom stereocenters. The van der Waals surface area contributed by atoms with Crippen molar-refractivity contribution in [1.82, 2.24) is 5.32 Å². The first kappa shape index (κ1) is 15.1. The fourth-order valence-corrected chi connectivity index (χ4v) is 2.53. The van der Waals surface area contributed by atoms with Crippen LogP contribution >= 0.6 is 0 Å². The molecule has 20 heavy (non-hydrogen) atoms. The van der Waals surface area contributed by atoms with Crippen molar-refractivity contribution in [2.24, 2.45) is 5.92 Å². The normalized spacial score (nSPS) is 22.2. The molecule has 1 aliphatic heterocycles. The number of aliphatic hydroxyl groups excluding tert-OH is 1. The SMILES string of the molecule is COc1ccc([C@H]2CN[C@@H](CO)C2)cc1OCC(C)C. The van der Waals surface area contributed by atoms with E-state index in [0.29, 0.717) is 18.4 Å². The van der Waals surface area contributed by atoms with Crippen LogP contribution < -0.4 is 14.8 Å². The number of hydrogen-bond donors (Lipinski definition) is 2. The summed E-state index contributed by atoms with van der Waals surface area (Å²) in [4.78, 5) is 0. The van der Waals surface area contributed by atoms with Gasteiger partial charge in [0.2, 0.25) is 0 Å². The number of nitrogens with one attached hydrogen (secondary N) is 1. The Labute approximate surface area is 121 Å². The lowest BCUT2D eigenvalue weighted by Crippen LogP contribution is -2.24. The molecule has 4 nitrogen and oxygen atoms in total. The van der Waals surface area contributed by atoms with Crippen LogP contribution in [0.2, 0.25) is 0 Å². The van der Waals surface area contributed by atoms with Crippen LogP contribution in [0.5, 0.6) is 11.5 Å². The van der Waals surface area contributed by atoms with Gasteiger partial charge in [-0.25, -0.2) is 0 Å². The van der Waals surface area contributed by atoms with Gasteiger partial charge in [0, 0.05) is 12.6 Å². The lowest BCUT2D eigenvalue weighted by atomic mass is 9.96. The molecule has 0 spiro atoms. The number of benzene rings is 1. The first-order valence-corrected chi connectivity index (χ1v) is 7.29. The molecule has 1 aliphatic rings. The minimum Gasteiger partial charge on any atom is -0.493 e. The molecule has 1 fully saturated rings. The van der Waals surface area contributed by atoms with Crippen LogP contribution in [0, 0.1) is 5.92 Å². The Hall–Kier alpha value is -1.26. The molecule has 112 valence electrons. The second-order valence-corrected chi connectivity index (χ2v) is 5.84. The van der Waals surface area contributed by atoms with E-state index in [1.54, 1.807) is 7.11 Å². The van der Waals surface area contributed by atoms with Crippen molar-refractivity contribution in [3.8, 4) is 11.5 Å². The molecule has 0 radical (unpaired) electrons. The summed E-state index contributed by atoms with van der Waals surface area (Å²) >= 11 is 0. The van der Waals surface area contributed by atoms with Crippen LogP contribution in [0.3, 0.4) is 0 Å².